The van der Waals surface area contributed by atoms with Crippen LogP contribution >= 0.6 is 11.8 Å². The Hall–Kier alpha value is -2.02. The molecular formula is C18H24N2O4S. The number of hydrogen-bond acceptors (Lipinski definition) is 7. The lowest BCUT2D eigenvalue weighted by Crippen LogP contribution is -2.11. The number of aldehydes is 1. The molecule has 2 rings (SSSR count). The van der Waals surface area contributed by atoms with Crippen LogP contribution in [0.3, 0.4) is 0 Å². The van der Waals surface area contributed by atoms with E-state index >= 15 is 0 Å². The Kier molecular flexibility index (Phi) is 6.87. The van der Waals surface area contributed by atoms with Gasteiger partial charge in [-0.3, -0.25) is 4.79 Å². The lowest BCUT2D eigenvalue weighted by Gasteiger charge is -2.12. The van der Waals surface area contributed by atoms with Crippen molar-refractivity contribution in [3.63, 3.8) is 0 Å². The highest BCUT2D eigenvalue weighted by atomic mass is 32.2. The van der Waals surface area contributed by atoms with Gasteiger partial charge >= 0.3 is 0 Å². The molecule has 0 saturated heterocycles. The normalized spacial score (nSPS) is 11.4. The quantitative estimate of drug-likeness (QED) is 0.376. The third kappa shape index (κ3) is 5.77. The van der Waals surface area contributed by atoms with Gasteiger partial charge < -0.3 is 13.9 Å². The van der Waals surface area contributed by atoms with Gasteiger partial charge in [-0.25, -0.2) is 0 Å². The van der Waals surface area contributed by atoms with Crippen molar-refractivity contribution in [2.45, 2.75) is 44.8 Å². The average Bonchev–Trinajstić information content (AvgIpc) is 3.05. The maximum atomic E-state index is 10.9. The largest absolute Gasteiger partial charge is 0.490 e. The van der Waals surface area contributed by atoms with E-state index in [4.69, 9.17) is 13.9 Å². The summed E-state index contributed by atoms with van der Waals surface area (Å²) in [5, 5.41) is 8.70. The first-order valence-corrected chi connectivity index (χ1v) is 9.24. The number of benzene rings is 1. The molecule has 0 spiro atoms. The number of thioether (sulfide) groups is 1. The van der Waals surface area contributed by atoms with E-state index in [0.29, 0.717) is 41.4 Å². The van der Waals surface area contributed by atoms with Crippen molar-refractivity contribution in [3.8, 4) is 11.5 Å². The summed E-state index contributed by atoms with van der Waals surface area (Å²) in [5.41, 5.74) is 0.426. The van der Waals surface area contributed by atoms with Crippen LogP contribution in [0.15, 0.2) is 27.8 Å². The molecule has 7 heteroatoms. The number of nitrogens with zero attached hydrogens (tertiary/aromatic N) is 2. The van der Waals surface area contributed by atoms with Gasteiger partial charge in [-0.15, -0.1) is 10.2 Å². The molecule has 1 aromatic carbocycles. The molecule has 0 aliphatic carbocycles. The first kappa shape index (κ1) is 19.3. The zero-order valence-electron chi connectivity index (χ0n) is 15.1. The van der Waals surface area contributed by atoms with Gasteiger partial charge in [0.15, 0.2) is 11.5 Å². The molecule has 0 radical (unpaired) electrons. The first-order valence-electron chi connectivity index (χ1n) is 8.25. The van der Waals surface area contributed by atoms with E-state index in [1.807, 2.05) is 27.7 Å². The predicted octanol–water partition coefficient (Wildman–Crippen LogP) is 4.14. The zero-order valence-corrected chi connectivity index (χ0v) is 15.9. The highest BCUT2D eigenvalue weighted by molar-refractivity contribution is 7.99. The molecule has 1 heterocycles. The van der Waals surface area contributed by atoms with Gasteiger partial charge in [0.25, 0.3) is 5.22 Å². The standard InChI is InChI=1S/C18H24N2O4S/c1-5-22-15-11-13(12-21)7-8-14(15)23-9-6-10-25-17-20-19-16(24-17)18(2,3)4/h7-8,11-12H,5-6,9-10H2,1-4H3. The Morgan fingerprint density at radius 2 is 2.00 bits per heavy atom. The second-order valence-electron chi connectivity index (χ2n) is 6.43. The maximum Gasteiger partial charge on any atom is 0.276 e. The molecule has 0 fully saturated rings. The van der Waals surface area contributed by atoms with Crippen LogP contribution in [0.1, 0.15) is 50.4 Å². The van der Waals surface area contributed by atoms with Gasteiger partial charge in [0.2, 0.25) is 5.89 Å². The van der Waals surface area contributed by atoms with Crippen molar-refractivity contribution >= 4 is 18.0 Å². The average molecular weight is 364 g/mol. The van der Waals surface area contributed by atoms with Crippen molar-refractivity contribution < 1.29 is 18.7 Å². The van der Waals surface area contributed by atoms with E-state index in [9.17, 15) is 4.79 Å². The van der Waals surface area contributed by atoms with Crippen molar-refractivity contribution in [2.75, 3.05) is 19.0 Å². The predicted molar refractivity (Wildman–Crippen MR) is 96.8 cm³/mol. The third-order valence-electron chi connectivity index (χ3n) is 3.22. The maximum absolute atomic E-state index is 10.9. The Balaban J connectivity index is 1.79. The van der Waals surface area contributed by atoms with Gasteiger partial charge in [-0.05, 0) is 31.5 Å². The van der Waals surface area contributed by atoms with E-state index in [-0.39, 0.29) is 5.41 Å². The monoisotopic (exact) mass is 364 g/mol. The second kappa shape index (κ2) is 8.89. The SMILES string of the molecule is CCOc1cc(C=O)ccc1OCCCSc1nnc(C(C)(C)C)o1. The number of aromatic nitrogens is 2. The van der Waals surface area contributed by atoms with Crippen LogP contribution in [0, 0.1) is 0 Å². The molecule has 136 valence electrons. The number of hydrogen-bond donors (Lipinski definition) is 0. The van der Waals surface area contributed by atoms with Gasteiger partial charge in [0, 0.05) is 16.7 Å². The van der Waals surface area contributed by atoms with Gasteiger partial charge in [-0.2, -0.15) is 0 Å². The Labute approximate surface area is 152 Å². The lowest BCUT2D eigenvalue weighted by atomic mass is 9.97. The van der Waals surface area contributed by atoms with Gasteiger partial charge in [0.1, 0.15) is 6.29 Å². The van der Waals surface area contributed by atoms with Gasteiger partial charge in [0.05, 0.1) is 13.2 Å². The number of ether oxygens (including phenoxy) is 2. The molecule has 0 amide bonds. The molecular weight excluding hydrogens is 340 g/mol. The molecule has 0 aliphatic rings. The fourth-order valence-electron chi connectivity index (χ4n) is 1.96. The molecule has 1 aromatic heterocycles. The minimum absolute atomic E-state index is 0.141. The second-order valence-corrected chi connectivity index (χ2v) is 7.48. The van der Waals surface area contributed by atoms with Crippen LogP contribution < -0.4 is 9.47 Å². The molecule has 0 bridgehead atoms. The smallest absolute Gasteiger partial charge is 0.276 e. The van der Waals surface area contributed by atoms with Crippen molar-refractivity contribution in [3.05, 3.63) is 29.7 Å². The minimum Gasteiger partial charge on any atom is -0.490 e. The summed E-state index contributed by atoms with van der Waals surface area (Å²) in [6, 6.07) is 5.16. The minimum atomic E-state index is -0.141. The fourth-order valence-corrected chi connectivity index (χ4v) is 2.63. The summed E-state index contributed by atoms with van der Waals surface area (Å²) in [5.74, 6) is 2.68. The lowest BCUT2D eigenvalue weighted by molar-refractivity contribution is 0.112. The molecule has 0 unspecified atom stereocenters. The van der Waals surface area contributed by atoms with E-state index in [1.165, 1.54) is 11.8 Å². The molecule has 0 atom stereocenters. The highest BCUT2D eigenvalue weighted by Crippen LogP contribution is 2.29. The van der Waals surface area contributed by atoms with E-state index < -0.39 is 0 Å². The van der Waals surface area contributed by atoms with E-state index in [1.54, 1.807) is 18.2 Å². The molecule has 0 saturated carbocycles. The van der Waals surface area contributed by atoms with Crippen LogP contribution in [0.4, 0.5) is 0 Å². The number of rotatable bonds is 9. The molecule has 0 N–H and O–H groups in total. The Bertz CT molecular complexity index is 695. The summed E-state index contributed by atoms with van der Waals surface area (Å²) in [6.45, 7) is 9.05. The van der Waals surface area contributed by atoms with Crippen molar-refractivity contribution in [1.29, 1.82) is 0 Å². The van der Waals surface area contributed by atoms with Gasteiger partial charge in [-0.1, -0.05) is 32.5 Å². The van der Waals surface area contributed by atoms with Crippen LogP contribution in [-0.2, 0) is 5.41 Å². The van der Waals surface area contributed by atoms with Crippen molar-refractivity contribution in [2.24, 2.45) is 0 Å². The van der Waals surface area contributed by atoms with E-state index in [2.05, 4.69) is 10.2 Å². The van der Waals surface area contributed by atoms with Crippen LogP contribution in [0.5, 0.6) is 11.5 Å². The fraction of sp³-hybridized carbons (Fsp3) is 0.500. The zero-order chi connectivity index (χ0) is 18.3. The molecule has 6 nitrogen and oxygen atoms in total. The first-order chi connectivity index (χ1) is 11.9. The number of carbonyl (C=O) groups excluding carboxylic acids is 1. The Morgan fingerprint density at radius 1 is 1.20 bits per heavy atom. The van der Waals surface area contributed by atoms with E-state index in [0.717, 1.165) is 18.5 Å². The summed E-state index contributed by atoms with van der Waals surface area (Å²) >= 11 is 1.52. The van der Waals surface area contributed by atoms with Crippen molar-refractivity contribution in [1.82, 2.24) is 10.2 Å². The highest BCUT2D eigenvalue weighted by Gasteiger charge is 2.21. The summed E-state index contributed by atoms with van der Waals surface area (Å²) in [4.78, 5) is 10.9. The topological polar surface area (TPSA) is 74.5 Å². The summed E-state index contributed by atoms with van der Waals surface area (Å²) < 4.78 is 16.9. The van der Waals surface area contributed by atoms with Crippen LogP contribution in [0.2, 0.25) is 0 Å². The summed E-state index contributed by atoms with van der Waals surface area (Å²) in [7, 11) is 0. The Morgan fingerprint density at radius 3 is 2.64 bits per heavy atom. The third-order valence-corrected chi connectivity index (χ3v) is 4.13. The molecule has 2 aromatic rings. The summed E-state index contributed by atoms with van der Waals surface area (Å²) in [6.07, 6.45) is 1.61. The molecule has 0 aliphatic heterocycles. The van der Waals surface area contributed by atoms with Crippen LogP contribution in [-0.4, -0.2) is 35.5 Å². The molecule has 25 heavy (non-hydrogen) atoms. The number of carbonyl (C=O) groups is 1. The van der Waals surface area contributed by atoms with Crippen LogP contribution in [0.25, 0.3) is 0 Å².